The zero-order valence-electron chi connectivity index (χ0n) is 38.7. The molecular formula is C52H103NO4. The van der Waals surface area contributed by atoms with Gasteiger partial charge in [-0.2, -0.15) is 0 Å². The highest BCUT2D eigenvalue weighted by Gasteiger charge is 2.22. The van der Waals surface area contributed by atoms with E-state index in [0.29, 0.717) is 6.42 Å². The third kappa shape index (κ3) is 43.0. The molecule has 0 aliphatic heterocycles. The van der Waals surface area contributed by atoms with Crippen LogP contribution in [0.2, 0.25) is 0 Å². The topological polar surface area (TPSA) is 89.8 Å². The Kier molecular flexibility index (Phi) is 47.0. The molecule has 0 aliphatic carbocycles. The molecule has 5 nitrogen and oxygen atoms in total. The van der Waals surface area contributed by atoms with Crippen molar-refractivity contribution in [2.45, 2.75) is 308 Å². The van der Waals surface area contributed by atoms with Crippen LogP contribution >= 0.6 is 0 Å². The highest BCUT2D eigenvalue weighted by Crippen LogP contribution is 2.17. The molecule has 5 heteroatoms. The van der Waals surface area contributed by atoms with Crippen LogP contribution in [0, 0.1) is 0 Å². The van der Waals surface area contributed by atoms with E-state index in [1.54, 1.807) is 6.08 Å². The minimum absolute atomic E-state index is 0.359. The highest BCUT2D eigenvalue weighted by atomic mass is 16.3. The molecule has 340 valence electrons. The fraction of sp³-hybridized carbons (Fsp3) is 0.942. The van der Waals surface area contributed by atoms with Gasteiger partial charge >= 0.3 is 0 Å². The molecule has 0 rings (SSSR count). The zero-order valence-corrected chi connectivity index (χ0v) is 38.7. The lowest BCUT2D eigenvalue weighted by molar-refractivity contribution is -0.131. The number of hydrogen-bond donors (Lipinski definition) is 4. The van der Waals surface area contributed by atoms with E-state index in [2.05, 4.69) is 19.2 Å². The van der Waals surface area contributed by atoms with Crippen LogP contribution in [-0.2, 0) is 4.79 Å². The van der Waals surface area contributed by atoms with Gasteiger partial charge in [0.05, 0.1) is 18.8 Å². The van der Waals surface area contributed by atoms with Crippen LogP contribution in [0.15, 0.2) is 12.2 Å². The number of carbonyl (C=O) groups is 1. The van der Waals surface area contributed by atoms with Gasteiger partial charge in [0.15, 0.2) is 0 Å². The predicted octanol–water partition coefficient (Wildman–Crippen LogP) is 15.6. The van der Waals surface area contributed by atoms with E-state index in [0.717, 1.165) is 32.1 Å². The van der Waals surface area contributed by atoms with Crippen LogP contribution in [-0.4, -0.2) is 46.1 Å². The van der Waals surface area contributed by atoms with E-state index < -0.39 is 24.2 Å². The van der Waals surface area contributed by atoms with Gasteiger partial charge in [-0.15, -0.1) is 0 Å². The summed E-state index contributed by atoms with van der Waals surface area (Å²) in [6.45, 7) is 4.22. The maximum Gasteiger partial charge on any atom is 0.249 e. The first kappa shape index (κ1) is 56.1. The van der Waals surface area contributed by atoms with Crippen molar-refractivity contribution in [2.75, 3.05) is 6.61 Å². The molecule has 0 fully saturated rings. The number of amides is 1. The second-order valence-electron chi connectivity index (χ2n) is 18.1. The summed E-state index contributed by atoms with van der Waals surface area (Å²) in [5.41, 5.74) is 0. The molecule has 0 aromatic heterocycles. The summed E-state index contributed by atoms with van der Waals surface area (Å²) in [4.78, 5) is 12.5. The maximum atomic E-state index is 12.5. The van der Waals surface area contributed by atoms with Crippen molar-refractivity contribution in [2.24, 2.45) is 0 Å². The summed E-state index contributed by atoms with van der Waals surface area (Å²) >= 11 is 0. The van der Waals surface area contributed by atoms with Crippen LogP contribution < -0.4 is 5.32 Å². The molecule has 0 saturated heterocycles. The average molecular weight is 806 g/mol. The average Bonchev–Trinajstić information content (AvgIpc) is 3.22. The van der Waals surface area contributed by atoms with Crippen molar-refractivity contribution in [1.82, 2.24) is 5.32 Å². The number of nitrogens with one attached hydrogen (secondary N) is 1. The molecule has 0 aromatic carbocycles. The van der Waals surface area contributed by atoms with Crippen LogP contribution in [0.3, 0.4) is 0 Å². The number of allylic oxidation sites excluding steroid dienone is 1. The van der Waals surface area contributed by atoms with Crippen molar-refractivity contribution in [1.29, 1.82) is 0 Å². The van der Waals surface area contributed by atoms with Crippen LogP contribution in [0.4, 0.5) is 0 Å². The van der Waals surface area contributed by atoms with Crippen molar-refractivity contribution >= 4 is 5.91 Å². The van der Waals surface area contributed by atoms with Gasteiger partial charge < -0.3 is 20.6 Å². The molecule has 0 spiro atoms. The zero-order chi connectivity index (χ0) is 41.5. The molecule has 0 bridgehead atoms. The van der Waals surface area contributed by atoms with Gasteiger partial charge in [0.1, 0.15) is 6.10 Å². The van der Waals surface area contributed by atoms with Gasteiger partial charge in [0, 0.05) is 0 Å². The second kappa shape index (κ2) is 47.8. The standard InChI is InChI=1S/C52H103NO4/c1-3-5-7-9-11-13-15-17-19-21-23-24-25-26-27-29-30-32-34-36-38-40-42-44-46-50(55)49(48-54)53-52(57)51(56)47-45-43-41-39-37-35-33-31-28-22-20-18-16-14-12-10-8-6-4-2/h44,46,49-51,54-56H,3-43,45,47-48H2,1-2H3,(H,53,57)/b46-44+. The second-order valence-corrected chi connectivity index (χ2v) is 18.1. The Morgan fingerprint density at radius 3 is 0.965 bits per heavy atom. The molecule has 3 unspecified atom stereocenters. The molecular weight excluding hydrogens is 703 g/mol. The fourth-order valence-corrected chi connectivity index (χ4v) is 8.31. The number of aliphatic hydroxyl groups is 3. The van der Waals surface area contributed by atoms with Crippen molar-refractivity contribution in [3.63, 3.8) is 0 Å². The summed E-state index contributed by atoms with van der Waals surface area (Å²) in [5, 5.41) is 33.3. The van der Waals surface area contributed by atoms with Gasteiger partial charge in [-0.05, 0) is 19.3 Å². The van der Waals surface area contributed by atoms with Gasteiger partial charge in [-0.25, -0.2) is 0 Å². The molecule has 57 heavy (non-hydrogen) atoms. The predicted molar refractivity (Wildman–Crippen MR) is 250 cm³/mol. The molecule has 0 aliphatic rings. The largest absolute Gasteiger partial charge is 0.394 e. The number of aliphatic hydroxyl groups excluding tert-OH is 3. The van der Waals surface area contributed by atoms with Gasteiger partial charge in [0.25, 0.3) is 0 Å². The molecule has 0 heterocycles. The van der Waals surface area contributed by atoms with Crippen LogP contribution in [0.1, 0.15) is 290 Å². The first-order chi connectivity index (χ1) is 28.1. The SMILES string of the molecule is CCCCCCCCCCCCCCCCCCCCCCCC/C=C/C(O)C(CO)NC(=O)C(O)CCCCCCCCCCCCCCCCCCCCC. The third-order valence-corrected chi connectivity index (χ3v) is 12.4. The van der Waals surface area contributed by atoms with E-state index in [9.17, 15) is 20.1 Å². The number of carbonyl (C=O) groups excluding carboxylic acids is 1. The molecule has 0 saturated carbocycles. The summed E-state index contributed by atoms with van der Waals surface area (Å²) in [7, 11) is 0. The normalized spacial score (nSPS) is 13.4. The quantitative estimate of drug-likeness (QED) is 0.0364. The first-order valence-electron chi connectivity index (χ1n) is 26.0. The molecule has 3 atom stereocenters. The Morgan fingerprint density at radius 1 is 0.421 bits per heavy atom. The smallest absolute Gasteiger partial charge is 0.249 e. The van der Waals surface area contributed by atoms with Gasteiger partial charge in [-0.3, -0.25) is 4.79 Å². The molecule has 1 amide bonds. The van der Waals surface area contributed by atoms with Crippen molar-refractivity contribution in [3.8, 4) is 0 Å². The van der Waals surface area contributed by atoms with Gasteiger partial charge in [0.2, 0.25) is 5.91 Å². The summed E-state index contributed by atoms with van der Waals surface area (Å²) in [6.07, 6.45) is 58.4. The molecule has 0 aromatic rings. The van der Waals surface area contributed by atoms with E-state index in [1.165, 1.54) is 238 Å². The van der Waals surface area contributed by atoms with Gasteiger partial charge in [-0.1, -0.05) is 283 Å². The lowest BCUT2D eigenvalue weighted by Crippen LogP contribution is -2.48. The Bertz CT molecular complexity index is 803. The minimum atomic E-state index is -1.09. The summed E-state index contributed by atoms with van der Waals surface area (Å²) < 4.78 is 0. The van der Waals surface area contributed by atoms with E-state index in [4.69, 9.17) is 0 Å². The Hall–Kier alpha value is -0.910. The lowest BCUT2D eigenvalue weighted by Gasteiger charge is -2.21. The monoisotopic (exact) mass is 806 g/mol. The Labute approximate surface area is 357 Å². The van der Waals surface area contributed by atoms with E-state index in [1.807, 2.05) is 6.08 Å². The summed E-state index contributed by atoms with van der Waals surface area (Å²) in [6, 6.07) is -0.793. The lowest BCUT2D eigenvalue weighted by atomic mass is 10.0. The Morgan fingerprint density at radius 2 is 0.684 bits per heavy atom. The minimum Gasteiger partial charge on any atom is -0.394 e. The van der Waals surface area contributed by atoms with Crippen molar-refractivity contribution < 1.29 is 20.1 Å². The number of unbranched alkanes of at least 4 members (excludes halogenated alkanes) is 40. The first-order valence-corrected chi connectivity index (χ1v) is 26.0. The van der Waals surface area contributed by atoms with E-state index >= 15 is 0 Å². The maximum absolute atomic E-state index is 12.5. The Balaban J connectivity index is 3.57. The molecule has 4 N–H and O–H groups in total. The summed E-state index contributed by atoms with van der Waals surface area (Å²) in [5.74, 6) is -0.497. The van der Waals surface area contributed by atoms with E-state index in [-0.39, 0.29) is 6.61 Å². The van der Waals surface area contributed by atoms with Crippen molar-refractivity contribution in [3.05, 3.63) is 12.2 Å². The number of rotatable bonds is 48. The van der Waals surface area contributed by atoms with Crippen LogP contribution in [0.25, 0.3) is 0 Å². The highest BCUT2D eigenvalue weighted by molar-refractivity contribution is 5.80. The third-order valence-electron chi connectivity index (χ3n) is 12.4. The fourth-order valence-electron chi connectivity index (χ4n) is 8.31. The number of hydrogen-bond acceptors (Lipinski definition) is 4. The van der Waals surface area contributed by atoms with Crippen LogP contribution in [0.5, 0.6) is 0 Å². The molecule has 0 radical (unpaired) electrons.